The third-order valence-electron chi connectivity index (χ3n) is 6.00. The molecule has 150 valence electrons. The van der Waals surface area contributed by atoms with Crippen LogP contribution < -0.4 is 0 Å². The molecule has 1 aliphatic carbocycles. The van der Waals surface area contributed by atoms with E-state index in [2.05, 4.69) is 5.10 Å². The van der Waals surface area contributed by atoms with Gasteiger partial charge in [-0.3, -0.25) is 9.58 Å². The number of rotatable bonds is 3. The Balaban J connectivity index is 1.84. The van der Waals surface area contributed by atoms with Gasteiger partial charge in [-0.2, -0.15) is 5.10 Å². The highest BCUT2D eigenvalue weighted by atomic mass is 35.5. The number of aryl methyl sites for hydroxylation is 1. The second-order valence-electron chi connectivity index (χ2n) is 7.73. The van der Waals surface area contributed by atoms with Gasteiger partial charge in [0.15, 0.2) is 9.84 Å². The minimum atomic E-state index is -3.25. The van der Waals surface area contributed by atoms with E-state index in [1.807, 2.05) is 26.1 Å². The highest BCUT2D eigenvalue weighted by molar-refractivity contribution is 7.92. The Hall–Kier alpha value is -2.06. The summed E-state index contributed by atoms with van der Waals surface area (Å²) in [5.41, 5.74) is 4.11. The number of aromatic nitrogens is 2. The van der Waals surface area contributed by atoms with Gasteiger partial charge in [0.2, 0.25) is 0 Å². The topological polar surface area (TPSA) is 92.5 Å². The molecule has 1 amide bonds. The molecule has 1 fully saturated rings. The molecule has 2 aromatic rings. The molecule has 0 saturated heterocycles. The van der Waals surface area contributed by atoms with Crippen molar-refractivity contribution in [2.24, 2.45) is 7.05 Å². The summed E-state index contributed by atoms with van der Waals surface area (Å²) < 4.78 is 25.6. The minimum absolute atomic E-state index is 0.342. The molecule has 0 bridgehead atoms. The van der Waals surface area contributed by atoms with E-state index in [9.17, 15) is 18.3 Å². The molecule has 2 heterocycles. The van der Waals surface area contributed by atoms with E-state index in [4.69, 9.17) is 11.6 Å². The van der Waals surface area contributed by atoms with Crippen LogP contribution in [0.25, 0.3) is 11.3 Å². The van der Waals surface area contributed by atoms with Crippen molar-refractivity contribution >= 4 is 27.5 Å². The summed E-state index contributed by atoms with van der Waals surface area (Å²) >= 11 is 6.37. The highest BCUT2D eigenvalue weighted by Crippen LogP contribution is 2.53. The van der Waals surface area contributed by atoms with E-state index in [1.54, 1.807) is 10.7 Å². The lowest BCUT2D eigenvalue weighted by atomic mass is 9.95. The van der Waals surface area contributed by atoms with Crippen molar-refractivity contribution in [3.63, 3.8) is 0 Å². The molecular formula is C19H22ClN3O4S. The van der Waals surface area contributed by atoms with E-state index >= 15 is 0 Å². The average molecular weight is 424 g/mol. The van der Waals surface area contributed by atoms with Crippen LogP contribution in [0.1, 0.15) is 42.6 Å². The van der Waals surface area contributed by atoms with Crippen LogP contribution in [-0.4, -0.2) is 47.1 Å². The number of carbonyl (C=O) groups is 1. The lowest BCUT2D eigenvalue weighted by Gasteiger charge is -2.30. The molecule has 1 N–H and O–H groups in total. The van der Waals surface area contributed by atoms with Crippen LogP contribution >= 0.6 is 11.6 Å². The number of carboxylic acid groups (broad SMARTS) is 1. The third-order valence-corrected chi connectivity index (χ3v) is 8.28. The van der Waals surface area contributed by atoms with Gasteiger partial charge in [-0.15, -0.1) is 0 Å². The monoisotopic (exact) mass is 423 g/mol. The molecule has 1 unspecified atom stereocenters. The van der Waals surface area contributed by atoms with Crippen molar-refractivity contribution in [2.75, 3.05) is 12.8 Å². The molecule has 7 nitrogen and oxygen atoms in total. The van der Waals surface area contributed by atoms with E-state index in [-0.39, 0.29) is 6.04 Å². The predicted molar refractivity (Wildman–Crippen MR) is 106 cm³/mol. The van der Waals surface area contributed by atoms with E-state index < -0.39 is 20.7 Å². The first-order valence-electron chi connectivity index (χ1n) is 9.11. The second-order valence-corrected chi connectivity index (χ2v) is 10.5. The summed E-state index contributed by atoms with van der Waals surface area (Å²) in [6.07, 6.45) is 2.06. The first-order valence-corrected chi connectivity index (χ1v) is 11.4. The van der Waals surface area contributed by atoms with Crippen LogP contribution in [0.15, 0.2) is 18.2 Å². The minimum Gasteiger partial charge on any atom is -0.465 e. The Morgan fingerprint density at radius 3 is 2.57 bits per heavy atom. The maximum absolute atomic E-state index is 12.3. The standard InChI is InChI=1S/C19H22ClN3O4S/c1-11-16-15(4-7-23(11)18(24)25)17(22(2)21-16)12-8-13(10-14(20)9-12)19(5-6-19)28(3,26)27/h8-11H,4-7H2,1-3H3,(H,24,25). The van der Waals surface area contributed by atoms with Crippen LogP contribution in [0, 0.1) is 0 Å². The molecule has 1 atom stereocenters. The molecule has 1 aliphatic heterocycles. The van der Waals surface area contributed by atoms with Crippen LogP contribution in [-0.2, 0) is 28.1 Å². The number of benzene rings is 1. The van der Waals surface area contributed by atoms with Gasteiger partial charge in [0.25, 0.3) is 0 Å². The van der Waals surface area contributed by atoms with Gasteiger partial charge >= 0.3 is 6.09 Å². The Morgan fingerprint density at radius 1 is 1.32 bits per heavy atom. The zero-order valence-corrected chi connectivity index (χ0v) is 17.5. The van der Waals surface area contributed by atoms with E-state index in [1.165, 1.54) is 11.2 Å². The van der Waals surface area contributed by atoms with E-state index in [0.29, 0.717) is 36.4 Å². The summed E-state index contributed by atoms with van der Waals surface area (Å²) in [6, 6.07) is 5.10. The second kappa shape index (κ2) is 6.22. The summed E-state index contributed by atoms with van der Waals surface area (Å²) in [6.45, 7) is 2.22. The zero-order chi connectivity index (χ0) is 20.4. The van der Waals surface area contributed by atoms with Gasteiger partial charge in [-0.1, -0.05) is 11.6 Å². The van der Waals surface area contributed by atoms with Gasteiger partial charge in [-0.05, 0) is 49.9 Å². The maximum Gasteiger partial charge on any atom is 0.407 e. The Labute approximate surface area is 168 Å². The van der Waals surface area contributed by atoms with Crippen molar-refractivity contribution < 1.29 is 18.3 Å². The molecule has 2 aliphatic rings. The molecule has 1 saturated carbocycles. The zero-order valence-electron chi connectivity index (χ0n) is 15.9. The Morgan fingerprint density at radius 2 is 2.00 bits per heavy atom. The predicted octanol–water partition coefficient (Wildman–Crippen LogP) is 3.37. The molecule has 28 heavy (non-hydrogen) atoms. The van der Waals surface area contributed by atoms with Crippen molar-refractivity contribution in [1.29, 1.82) is 0 Å². The molecule has 0 spiro atoms. The molecule has 1 aromatic heterocycles. The quantitative estimate of drug-likeness (QED) is 0.816. The van der Waals surface area contributed by atoms with Gasteiger partial charge < -0.3 is 5.11 Å². The summed E-state index contributed by atoms with van der Waals surface area (Å²) in [5, 5.41) is 14.4. The number of fused-ring (bicyclic) bond motifs is 1. The first kappa shape index (κ1) is 19.3. The largest absolute Gasteiger partial charge is 0.465 e. The normalized spacial score (nSPS) is 20.7. The summed E-state index contributed by atoms with van der Waals surface area (Å²) in [5.74, 6) is 0. The van der Waals surface area contributed by atoms with Gasteiger partial charge in [0.1, 0.15) is 0 Å². The molecule has 4 rings (SSSR count). The van der Waals surface area contributed by atoms with Crippen LogP contribution in [0.5, 0.6) is 0 Å². The number of nitrogens with zero attached hydrogens (tertiary/aromatic N) is 3. The highest BCUT2D eigenvalue weighted by Gasteiger charge is 2.53. The fourth-order valence-corrected chi connectivity index (χ4v) is 5.97. The number of amides is 1. The average Bonchev–Trinajstić information content (AvgIpc) is 3.33. The van der Waals surface area contributed by atoms with E-state index in [0.717, 1.165) is 22.5 Å². The number of hydrogen-bond donors (Lipinski definition) is 1. The Bertz CT molecular complexity index is 1090. The van der Waals surface area contributed by atoms with Gasteiger partial charge in [-0.25, -0.2) is 13.2 Å². The Kier molecular flexibility index (Phi) is 4.28. The summed E-state index contributed by atoms with van der Waals surface area (Å²) in [7, 11) is -1.44. The van der Waals surface area contributed by atoms with Crippen molar-refractivity contribution in [3.8, 4) is 11.3 Å². The third kappa shape index (κ3) is 2.81. The lowest BCUT2D eigenvalue weighted by Crippen LogP contribution is -2.37. The van der Waals surface area contributed by atoms with Crippen LogP contribution in [0.2, 0.25) is 5.02 Å². The van der Waals surface area contributed by atoms with Crippen LogP contribution in [0.3, 0.4) is 0 Å². The molecule has 9 heteroatoms. The number of sulfone groups is 1. The smallest absolute Gasteiger partial charge is 0.407 e. The summed E-state index contributed by atoms with van der Waals surface area (Å²) in [4.78, 5) is 12.8. The van der Waals surface area contributed by atoms with Crippen molar-refractivity contribution in [1.82, 2.24) is 14.7 Å². The van der Waals surface area contributed by atoms with Gasteiger partial charge in [0.05, 0.1) is 22.2 Å². The first-order chi connectivity index (χ1) is 13.0. The van der Waals surface area contributed by atoms with Gasteiger partial charge in [0, 0.05) is 36.0 Å². The fourth-order valence-electron chi connectivity index (χ4n) is 4.34. The number of halogens is 1. The fraction of sp³-hybridized carbons (Fsp3) is 0.474. The molecular weight excluding hydrogens is 402 g/mol. The molecule has 1 aromatic carbocycles. The lowest BCUT2D eigenvalue weighted by molar-refractivity contribution is 0.123. The van der Waals surface area contributed by atoms with Crippen LogP contribution in [0.4, 0.5) is 4.79 Å². The molecule has 0 radical (unpaired) electrons. The number of hydrogen-bond acceptors (Lipinski definition) is 4. The maximum atomic E-state index is 12.3. The van der Waals surface area contributed by atoms with Crippen molar-refractivity contribution in [2.45, 2.75) is 37.0 Å². The SMILES string of the molecule is CC1c2nn(C)c(-c3cc(Cl)cc(C4(S(C)(=O)=O)CC4)c3)c2CCN1C(=O)O. The van der Waals surface area contributed by atoms with Crippen molar-refractivity contribution in [3.05, 3.63) is 40.0 Å².